The number of hydrogen-bond acceptors (Lipinski definition) is 5. The summed E-state index contributed by atoms with van der Waals surface area (Å²) in [4.78, 5) is 19.5. The van der Waals surface area contributed by atoms with Gasteiger partial charge in [-0.05, 0) is 36.6 Å². The van der Waals surface area contributed by atoms with Crippen molar-refractivity contribution >= 4 is 5.91 Å². The predicted octanol–water partition coefficient (Wildman–Crippen LogP) is 1.97. The molecule has 1 amide bonds. The summed E-state index contributed by atoms with van der Waals surface area (Å²) in [6.07, 6.45) is 6.86. The highest BCUT2D eigenvalue weighted by atomic mass is 16.5. The number of ether oxygens (including phenoxy) is 1. The van der Waals surface area contributed by atoms with Crippen LogP contribution in [0.25, 0.3) is 0 Å². The van der Waals surface area contributed by atoms with Gasteiger partial charge in [-0.3, -0.25) is 14.7 Å². The van der Waals surface area contributed by atoms with Gasteiger partial charge in [0.05, 0.1) is 24.3 Å². The molecule has 4 heterocycles. The molecule has 132 valence electrons. The van der Waals surface area contributed by atoms with Crippen molar-refractivity contribution < 1.29 is 13.9 Å². The molecule has 25 heavy (non-hydrogen) atoms. The average Bonchev–Trinajstić information content (AvgIpc) is 3.30. The lowest BCUT2D eigenvalue weighted by molar-refractivity contribution is -0.139. The number of nitrogens with one attached hydrogen (secondary N) is 1. The Hall–Kier alpha value is -2.18. The molecule has 1 N–H and O–H groups in total. The summed E-state index contributed by atoms with van der Waals surface area (Å²) >= 11 is 0. The quantitative estimate of drug-likeness (QED) is 0.901. The molecule has 6 heteroatoms. The summed E-state index contributed by atoms with van der Waals surface area (Å²) in [5.41, 5.74) is 0.540. The van der Waals surface area contributed by atoms with Gasteiger partial charge in [-0.2, -0.15) is 0 Å². The van der Waals surface area contributed by atoms with Crippen LogP contribution in [-0.2, 0) is 22.6 Å². The molecule has 0 aliphatic carbocycles. The smallest absolute Gasteiger partial charge is 0.230 e. The van der Waals surface area contributed by atoms with Crippen LogP contribution in [0.3, 0.4) is 0 Å². The zero-order valence-corrected chi connectivity index (χ0v) is 14.2. The first-order chi connectivity index (χ1) is 12.3. The van der Waals surface area contributed by atoms with Crippen molar-refractivity contribution in [3.05, 3.63) is 54.2 Å². The number of pyridine rings is 1. The first kappa shape index (κ1) is 16.3. The van der Waals surface area contributed by atoms with E-state index in [9.17, 15) is 4.79 Å². The molecule has 0 radical (unpaired) electrons. The van der Waals surface area contributed by atoms with E-state index in [1.807, 2.05) is 24.3 Å². The van der Waals surface area contributed by atoms with Crippen LogP contribution in [0.15, 0.2) is 47.3 Å². The molecule has 2 aliphatic heterocycles. The highest BCUT2D eigenvalue weighted by molar-refractivity contribution is 5.84. The number of carbonyl (C=O) groups excluding carboxylic acids is 1. The number of likely N-dealkylation sites (tertiary alicyclic amines) is 1. The minimum atomic E-state index is -0.465. The van der Waals surface area contributed by atoms with Crippen LogP contribution in [-0.4, -0.2) is 41.6 Å². The molecule has 0 spiro atoms. The van der Waals surface area contributed by atoms with Crippen molar-refractivity contribution in [3.8, 4) is 0 Å². The maximum absolute atomic E-state index is 13.1. The molecule has 0 bridgehead atoms. The fourth-order valence-corrected chi connectivity index (χ4v) is 3.97. The van der Waals surface area contributed by atoms with Gasteiger partial charge in [0.15, 0.2) is 0 Å². The maximum atomic E-state index is 13.1. The first-order valence-corrected chi connectivity index (χ1v) is 8.80. The number of nitrogens with zero attached hydrogens (tertiary/aromatic N) is 2. The van der Waals surface area contributed by atoms with E-state index in [0.717, 1.165) is 37.3 Å². The highest BCUT2D eigenvalue weighted by Gasteiger charge is 2.53. The molecule has 2 aromatic rings. The van der Waals surface area contributed by atoms with Crippen LogP contribution < -0.4 is 5.32 Å². The van der Waals surface area contributed by atoms with Crippen LogP contribution in [0.4, 0.5) is 0 Å². The normalized spacial score (nSPS) is 26.3. The van der Waals surface area contributed by atoms with E-state index in [2.05, 4.69) is 15.2 Å². The van der Waals surface area contributed by atoms with E-state index in [-0.39, 0.29) is 12.0 Å². The standard InChI is InChI=1S/C19H23N3O3/c23-18(21-12-15-3-1-7-20-11-15)19-6-10-25-17(19)5-8-22(14-19)13-16-4-2-9-24-16/h1-4,7,9,11,17H,5-6,8,10,12-14H2,(H,21,23)/t17-,19-/m1/s1. The lowest BCUT2D eigenvalue weighted by Crippen LogP contribution is -2.56. The molecular formula is C19H23N3O3. The van der Waals surface area contributed by atoms with E-state index >= 15 is 0 Å². The predicted molar refractivity (Wildman–Crippen MR) is 91.5 cm³/mol. The van der Waals surface area contributed by atoms with Crippen LogP contribution in [0.1, 0.15) is 24.2 Å². The number of amides is 1. The summed E-state index contributed by atoms with van der Waals surface area (Å²) in [7, 11) is 0. The molecule has 6 nitrogen and oxygen atoms in total. The van der Waals surface area contributed by atoms with E-state index in [4.69, 9.17) is 9.15 Å². The Morgan fingerprint density at radius 1 is 1.40 bits per heavy atom. The summed E-state index contributed by atoms with van der Waals surface area (Å²) in [5, 5.41) is 3.10. The summed E-state index contributed by atoms with van der Waals surface area (Å²) < 4.78 is 11.4. The zero-order valence-electron chi connectivity index (χ0n) is 14.2. The van der Waals surface area contributed by atoms with Gasteiger partial charge in [-0.1, -0.05) is 6.07 Å². The molecule has 0 saturated carbocycles. The third kappa shape index (κ3) is 3.32. The molecule has 0 aromatic carbocycles. The monoisotopic (exact) mass is 341 g/mol. The highest BCUT2D eigenvalue weighted by Crippen LogP contribution is 2.41. The molecule has 0 unspecified atom stereocenters. The minimum Gasteiger partial charge on any atom is -0.468 e. The largest absolute Gasteiger partial charge is 0.468 e. The van der Waals surface area contributed by atoms with Crippen LogP contribution >= 0.6 is 0 Å². The van der Waals surface area contributed by atoms with E-state index < -0.39 is 5.41 Å². The fourth-order valence-electron chi connectivity index (χ4n) is 3.97. The first-order valence-electron chi connectivity index (χ1n) is 8.80. The number of carbonyl (C=O) groups is 1. The molecule has 2 atom stereocenters. The average molecular weight is 341 g/mol. The lowest BCUT2D eigenvalue weighted by atomic mass is 9.75. The molecule has 2 aliphatic rings. The second-order valence-electron chi connectivity index (χ2n) is 6.89. The van der Waals surface area contributed by atoms with E-state index in [0.29, 0.717) is 19.7 Å². The van der Waals surface area contributed by atoms with Crippen molar-refractivity contribution in [2.24, 2.45) is 5.41 Å². The molecule has 2 fully saturated rings. The third-order valence-corrected chi connectivity index (χ3v) is 5.28. The van der Waals surface area contributed by atoms with E-state index in [1.54, 1.807) is 18.7 Å². The Morgan fingerprint density at radius 3 is 3.16 bits per heavy atom. The number of aromatic nitrogens is 1. The zero-order chi connectivity index (χ0) is 17.1. The Labute approximate surface area is 147 Å². The minimum absolute atomic E-state index is 0.00856. The van der Waals surface area contributed by atoms with E-state index in [1.165, 1.54) is 0 Å². The van der Waals surface area contributed by atoms with Crippen molar-refractivity contribution in [1.29, 1.82) is 0 Å². The SMILES string of the molecule is O=C(NCc1cccnc1)[C@@]12CCO[C@@H]1CCN(Cc1ccco1)C2. The fraction of sp³-hybridized carbons (Fsp3) is 0.474. The molecule has 2 saturated heterocycles. The van der Waals surface area contributed by atoms with Gasteiger partial charge in [0.1, 0.15) is 5.76 Å². The molecular weight excluding hydrogens is 318 g/mol. The number of piperidine rings is 1. The van der Waals surface area contributed by atoms with Gasteiger partial charge in [0.25, 0.3) is 0 Å². The molecule has 2 aromatic heterocycles. The van der Waals surface area contributed by atoms with Crippen LogP contribution in [0, 0.1) is 5.41 Å². The second kappa shape index (κ2) is 6.98. The summed E-state index contributed by atoms with van der Waals surface area (Å²) in [6.45, 7) is 3.51. The van der Waals surface area contributed by atoms with Crippen molar-refractivity contribution in [1.82, 2.24) is 15.2 Å². The lowest BCUT2D eigenvalue weighted by Gasteiger charge is -2.42. The van der Waals surface area contributed by atoms with Gasteiger partial charge >= 0.3 is 0 Å². The van der Waals surface area contributed by atoms with Gasteiger partial charge in [0.2, 0.25) is 5.91 Å². The Bertz CT molecular complexity index is 704. The van der Waals surface area contributed by atoms with Crippen molar-refractivity contribution in [2.45, 2.75) is 32.0 Å². The van der Waals surface area contributed by atoms with Gasteiger partial charge in [-0.15, -0.1) is 0 Å². The second-order valence-corrected chi connectivity index (χ2v) is 6.89. The third-order valence-electron chi connectivity index (χ3n) is 5.28. The van der Waals surface area contributed by atoms with Gasteiger partial charge in [0, 0.05) is 38.6 Å². The molecule has 4 rings (SSSR count). The van der Waals surface area contributed by atoms with Gasteiger partial charge in [-0.25, -0.2) is 0 Å². The van der Waals surface area contributed by atoms with Crippen molar-refractivity contribution in [3.63, 3.8) is 0 Å². The number of fused-ring (bicyclic) bond motifs is 1. The number of furan rings is 1. The summed E-state index contributed by atoms with van der Waals surface area (Å²) in [5.74, 6) is 1.02. The van der Waals surface area contributed by atoms with Gasteiger partial charge < -0.3 is 14.5 Å². The van der Waals surface area contributed by atoms with Crippen molar-refractivity contribution in [2.75, 3.05) is 19.7 Å². The number of rotatable bonds is 5. The van der Waals surface area contributed by atoms with Crippen LogP contribution in [0.2, 0.25) is 0 Å². The Morgan fingerprint density at radius 2 is 2.36 bits per heavy atom. The number of hydrogen-bond donors (Lipinski definition) is 1. The maximum Gasteiger partial charge on any atom is 0.230 e. The van der Waals surface area contributed by atoms with Crippen LogP contribution in [0.5, 0.6) is 0 Å². The topological polar surface area (TPSA) is 67.6 Å². The Kier molecular flexibility index (Phi) is 4.55. The summed E-state index contributed by atoms with van der Waals surface area (Å²) in [6, 6.07) is 7.73. The Balaban J connectivity index is 1.45.